The Labute approximate surface area is 169 Å². The summed E-state index contributed by atoms with van der Waals surface area (Å²) >= 11 is 6.16. The van der Waals surface area contributed by atoms with Crippen LogP contribution in [-0.4, -0.2) is 17.4 Å². The second-order valence-corrected chi connectivity index (χ2v) is 7.15. The fourth-order valence-corrected chi connectivity index (χ4v) is 3.72. The van der Waals surface area contributed by atoms with Crippen molar-refractivity contribution < 1.29 is 22.4 Å². The summed E-state index contributed by atoms with van der Waals surface area (Å²) in [6.45, 7) is 0.403. The summed E-state index contributed by atoms with van der Waals surface area (Å²) in [5, 5.41) is 0.442. The lowest BCUT2D eigenvalue weighted by Gasteiger charge is -2.30. The third-order valence-electron chi connectivity index (χ3n) is 4.86. The minimum Gasteiger partial charge on any atom is -0.441 e. The second kappa shape index (κ2) is 7.91. The van der Waals surface area contributed by atoms with Crippen LogP contribution in [0.2, 0.25) is 5.02 Å². The van der Waals surface area contributed by atoms with Crippen molar-refractivity contribution in [2.45, 2.75) is 25.7 Å². The van der Waals surface area contributed by atoms with Gasteiger partial charge in [0.15, 0.2) is 11.7 Å². The quantitative estimate of drug-likeness (QED) is 0.573. The highest BCUT2D eigenvalue weighted by Crippen LogP contribution is 2.35. The van der Waals surface area contributed by atoms with Crippen molar-refractivity contribution >= 4 is 23.2 Å². The molecule has 4 rings (SSSR count). The van der Waals surface area contributed by atoms with Crippen molar-refractivity contribution in [1.82, 2.24) is 4.98 Å². The molecular weight excluding hydrogens is 405 g/mol. The zero-order chi connectivity index (χ0) is 20.5. The first-order chi connectivity index (χ1) is 13.9. The van der Waals surface area contributed by atoms with Crippen LogP contribution in [-0.2, 0) is 17.6 Å². The number of carbonyl (C=O) groups excluding carboxylic acids is 1. The predicted molar refractivity (Wildman–Crippen MR) is 102 cm³/mol. The van der Waals surface area contributed by atoms with E-state index in [1.165, 1.54) is 29.3 Å². The van der Waals surface area contributed by atoms with Gasteiger partial charge >= 0.3 is 0 Å². The van der Waals surface area contributed by atoms with Gasteiger partial charge in [0.05, 0.1) is 17.4 Å². The van der Waals surface area contributed by atoms with Crippen LogP contribution in [0.25, 0.3) is 11.3 Å². The summed E-state index contributed by atoms with van der Waals surface area (Å²) in [7, 11) is 0. The van der Waals surface area contributed by atoms with E-state index in [-0.39, 0.29) is 41.7 Å². The Kier molecular flexibility index (Phi) is 5.32. The molecule has 8 heteroatoms. The molecule has 1 aliphatic heterocycles. The number of fused-ring (bicyclic) bond motifs is 1. The van der Waals surface area contributed by atoms with E-state index in [0.717, 1.165) is 12.1 Å². The summed E-state index contributed by atoms with van der Waals surface area (Å²) in [5.41, 5.74) is 0.949. The van der Waals surface area contributed by atoms with Crippen LogP contribution < -0.4 is 4.90 Å². The van der Waals surface area contributed by atoms with Crippen LogP contribution in [0.1, 0.15) is 24.3 Å². The molecule has 0 unspecified atom stereocenters. The van der Waals surface area contributed by atoms with Gasteiger partial charge in [-0.2, -0.15) is 0 Å². The first-order valence-corrected chi connectivity index (χ1v) is 9.49. The number of rotatable bonds is 4. The maximum atomic E-state index is 14.3. The Morgan fingerprint density at radius 2 is 2.00 bits per heavy atom. The molecule has 0 aliphatic carbocycles. The van der Waals surface area contributed by atoms with Gasteiger partial charge in [-0.15, -0.1) is 0 Å². The maximum absolute atomic E-state index is 14.3. The Bertz CT molecular complexity index is 1080. The van der Waals surface area contributed by atoms with Crippen LogP contribution in [0.15, 0.2) is 40.9 Å². The predicted octanol–water partition coefficient (Wildman–Crippen LogP) is 5.32. The van der Waals surface area contributed by atoms with E-state index in [1.807, 2.05) is 0 Å². The van der Waals surface area contributed by atoms with Gasteiger partial charge in [0.2, 0.25) is 5.91 Å². The van der Waals surface area contributed by atoms with Gasteiger partial charge in [-0.1, -0.05) is 11.6 Å². The first-order valence-electron chi connectivity index (χ1n) is 9.11. The Balaban J connectivity index is 1.48. The van der Waals surface area contributed by atoms with Crippen molar-refractivity contribution in [1.29, 1.82) is 0 Å². The number of aromatic nitrogens is 1. The highest BCUT2D eigenvalue weighted by Gasteiger charge is 2.27. The van der Waals surface area contributed by atoms with Gasteiger partial charge in [0.1, 0.15) is 17.5 Å². The largest absolute Gasteiger partial charge is 0.441 e. The van der Waals surface area contributed by atoms with Crippen LogP contribution in [0.3, 0.4) is 0 Å². The summed E-state index contributed by atoms with van der Waals surface area (Å²) in [6.07, 6.45) is 2.83. The molecule has 29 heavy (non-hydrogen) atoms. The number of hydrogen-bond donors (Lipinski definition) is 0. The molecule has 0 spiro atoms. The smallest absolute Gasteiger partial charge is 0.227 e. The maximum Gasteiger partial charge on any atom is 0.227 e. The SMILES string of the molecule is O=C(CCc1ncc(-c2ccc(F)cc2F)o1)N1CCCc2c(Cl)ccc(F)c21. The molecule has 0 bridgehead atoms. The van der Waals surface area contributed by atoms with Crippen molar-refractivity contribution in [3.05, 3.63) is 70.5 Å². The van der Waals surface area contributed by atoms with Gasteiger partial charge in [-0.3, -0.25) is 4.79 Å². The topological polar surface area (TPSA) is 46.3 Å². The van der Waals surface area contributed by atoms with E-state index in [1.54, 1.807) is 0 Å². The highest BCUT2D eigenvalue weighted by atomic mass is 35.5. The molecule has 0 saturated carbocycles. The summed E-state index contributed by atoms with van der Waals surface area (Å²) in [4.78, 5) is 18.2. The molecule has 150 valence electrons. The lowest BCUT2D eigenvalue weighted by molar-refractivity contribution is -0.118. The molecule has 1 aromatic heterocycles. The standard InChI is InChI=1S/C21H16ClF3N2O2/c22-15-5-6-16(24)21-13(15)2-1-9-27(21)20(28)8-7-19-26-11-18(29-19)14-4-3-12(23)10-17(14)25/h3-6,10-11H,1-2,7-9H2. The highest BCUT2D eigenvalue weighted by molar-refractivity contribution is 6.32. The third kappa shape index (κ3) is 3.87. The minimum atomic E-state index is -0.763. The van der Waals surface area contributed by atoms with Crippen molar-refractivity contribution in [3.8, 4) is 11.3 Å². The monoisotopic (exact) mass is 420 g/mol. The average molecular weight is 421 g/mol. The van der Waals surface area contributed by atoms with Crippen LogP contribution in [0.4, 0.5) is 18.9 Å². The molecule has 1 aliphatic rings. The van der Waals surface area contributed by atoms with E-state index >= 15 is 0 Å². The zero-order valence-electron chi connectivity index (χ0n) is 15.2. The Morgan fingerprint density at radius 1 is 1.17 bits per heavy atom. The molecule has 2 aromatic carbocycles. The molecule has 0 atom stereocenters. The van der Waals surface area contributed by atoms with Crippen molar-refractivity contribution in [3.63, 3.8) is 0 Å². The molecular formula is C21H16ClF3N2O2. The molecule has 0 N–H and O–H groups in total. The molecule has 4 nitrogen and oxygen atoms in total. The number of nitrogens with zero attached hydrogens (tertiary/aromatic N) is 2. The first kappa shape index (κ1) is 19.5. The molecule has 1 amide bonds. The van der Waals surface area contributed by atoms with Gasteiger partial charge in [-0.25, -0.2) is 18.2 Å². The zero-order valence-corrected chi connectivity index (χ0v) is 16.0. The van der Waals surface area contributed by atoms with Gasteiger partial charge in [-0.05, 0) is 42.7 Å². The van der Waals surface area contributed by atoms with E-state index in [0.29, 0.717) is 30.0 Å². The normalized spacial score (nSPS) is 13.4. The van der Waals surface area contributed by atoms with Crippen LogP contribution in [0, 0.1) is 17.5 Å². The minimum absolute atomic E-state index is 0.0389. The number of anilines is 1. The lowest BCUT2D eigenvalue weighted by Crippen LogP contribution is -2.36. The lowest BCUT2D eigenvalue weighted by atomic mass is 10.0. The number of benzene rings is 2. The summed E-state index contributed by atoms with van der Waals surface area (Å²) in [5.74, 6) is -1.83. The average Bonchev–Trinajstić information content (AvgIpc) is 3.17. The van der Waals surface area contributed by atoms with E-state index in [4.69, 9.17) is 16.0 Å². The Hall–Kier alpha value is -2.80. The van der Waals surface area contributed by atoms with Gasteiger partial charge < -0.3 is 9.32 Å². The number of halogens is 4. The Morgan fingerprint density at radius 3 is 2.79 bits per heavy atom. The number of hydrogen-bond acceptors (Lipinski definition) is 3. The van der Waals surface area contributed by atoms with Gasteiger partial charge in [0, 0.05) is 30.5 Å². The fraction of sp³-hybridized carbons (Fsp3) is 0.238. The van der Waals surface area contributed by atoms with Gasteiger partial charge in [0.25, 0.3) is 0 Å². The van der Waals surface area contributed by atoms with E-state index in [9.17, 15) is 18.0 Å². The van der Waals surface area contributed by atoms with E-state index in [2.05, 4.69) is 4.98 Å². The molecule has 2 heterocycles. The summed E-state index contributed by atoms with van der Waals surface area (Å²) in [6, 6.07) is 5.89. The molecule has 3 aromatic rings. The molecule has 0 radical (unpaired) electrons. The van der Waals surface area contributed by atoms with Crippen molar-refractivity contribution in [2.24, 2.45) is 0 Å². The molecule has 0 fully saturated rings. The molecule has 0 saturated heterocycles. The third-order valence-corrected chi connectivity index (χ3v) is 5.21. The second-order valence-electron chi connectivity index (χ2n) is 6.75. The van der Waals surface area contributed by atoms with Crippen LogP contribution in [0.5, 0.6) is 0 Å². The number of carbonyl (C=O) groups is 1. The number of oxazole rings is 1. The number of amides is 1. The number of aryl methyl sites for hydroxylation is 1. The van der Waals surface area contributed by atoms with Crippen LogP contribution >= 0.6 is 11.6 Å². The summed E-state index contributed by atoms with van der Waals surface area (Å²) < 4.78 is 46.8. The van der Waals surface area contributed by atoms with E-state index < -0.39 is 17.5 Å². The van der Waals surface area contributed by atoms with Crippen molar-refractivity contribution in [2.75, 3.05) is 11.4 Å². The fourth-order valence-electron chi connectivity index (χ4n) is 3.48.